The van der Waals surface area contributed by atoms with Crippen molar-refractivity contribution in [1.29, 1.82) is 0 Å². The quantitative estimate of drug-likeness (QED) is 0.836. The van der Waals surface area contributed by atoms with Gasteiger partial charge >= 0.3 is 0 Å². The van der Waals surface area contributed by atoms with Crippen LogP contribution < -0.4 is 0 Å². The first kappa shape index (κ1) is 16.7. The molecule has 6 nitrogen and oxygen atoms in total. The number of hydrogen-bond acceptors (Lipinski definition) is 5. The summed E-state index contributed by atoms with van der Waals surface area (Å²) in [5.41, 5.74) is 2.18. The third-order valence-electron chi connectivity index (χ3n) is 5.39. The number of morpholine rings is 1. The Hall–Kier alpha value is -1.79. The Bertz CT molecular complexity index is 653. The Kier molecular flexibility index (Phi) is 5.37. The van der Waals surface area contributed by atoms with Crippen LogP contribution in [0.25, 0.3) is 0 Å². The normalized spacial score (nSPS) is 23.0. The van der Waals surface area contributed by atoms with E-state index in [1.54, 1.807) is 6.20 Å². The topological polar surface area (TPSA) is 56.1 Å². The second-order valence-corrected chi connectivity index (χ2v) is 7.31. The molecular weight excluding hydrogens is 314 g/mol. The van der Waals surface area contributed by atoms with E-state index in [2.05, 4.69) is 32.5 Å². The summed E-state index contributed by atoms with van der Waals surface area (Å²) in [5.74, 6) is 0.748. The minimum atomic E-state index is 0.402. The standard InChI is InChI=1S/C19H27N5O/c1-2-6-17(7-3-1)19-15-23(9-10-25-19)13-18-14-24(22-21-18)12-16-5-4-8-20-11-16/h4-5,8,11,14,17,19H,1-3,6-7,9-10,12-13,15H2. The molecule has 2 fully saturated rings. The van der Waals surface area contributed by atoms with Crippen molar-refractivity contribution in [2.24, 2.45) is 5.92 Å². The summed E-state index contributed by atoms with van der Waals surface area (Å²) < 4.78 is 7.97. The minimum absolute atomic E-state index is 0.402. The fourth-order valence-corrected chi connectivity index (χ4v) is 4.06. The van der Waals surface area contributed by atoms with E-state index in [4.69, 9.17) is 4.74 Å². The maximum absolute atomic E-state index is 6.08. The number of rotatable bonds is 5. The van der Waals surface area contributed by atoms with Crippen LogP contribution in [0.5, 0.6) is 0 Å². The second kappa shape index (κ2) is 8.06. The lowest BCUT2D eigenvalue weighted by molar-refractivity contribution is -0.0672. The number of hydrogen-bond donors (Lipinski definition) is 0. The van der Waals surface area contributed by atoms with E-state index in [1.165, 1.54) is 32.1 Å². The van der Waals surface area contributed by atoms with Crippen molar-refractivity contribution >= 4 is 0 Å². The van der Waals surface area contributed by atoms with Crippen molar-refractivity contribution in [2.75, 3.05) is 19.7 Å². The SMILES string of the molecule is c1cncc(Cn2cc(CN3CCOC(C4CCCCC4)C3)nn2)c1. The molecule has 0 bridgehead atoms. The fraction of sp³-hybridized carbons (Fsp3) is 0.632. The average molecular weight is 341 g/mol. The van der Waals surface area contributed by atoms with Crippen LogP contribution in [-0.2, 0) is 17.8 Å². The van der Waals surface area contributed by atoms with Gasteiger partial charge in [0.1, 0.15) is 0 Å². The molecule has 6 heteroatoms. The molecule has 0 amide bonds. The number of ether oxygens (including phenoxy) is 1. The van der Waals surface area contributed by atoms with Gasteiger partial charge in [-0.25, -0.2) is 4.68 Å². The molecule has 1 aliphatic carbocycles. The summed E-state index contributed by atoms with van der Waals surface area (Å²) in [6.07, 6.45) is 12.9. The third kappa shape index (κ3) is 4.44. The lowest BCUT2D eigenvalue weighted by Crippen LogP contribution is -2.45. The molecule has 1 aliphatic heterocycles. The first-order valence-corrected chi connectivity index (χ1v) is 9.49. The van der Waals surface area contributed by atoms with Gasteiger partial charge in [0.15, 0.2) is 0 Å². The predicted molar refractivity (Wildman–Crippen MR) is 95.0 cm³/mol. The molecule has 25 heavy (non-hydrogen) atoms. The highest BCUT2D eigenvalue weighted by molar-refractivity contribution is 5.09. The van der Waals surface area contributed by atoms with E-state index in [0.717, 1.165) is 43.4 Å². The van der Waals surface area contributed by atoms with Gasteiger partial charge < -0.3 is 4.74 Å². The van der Waals surface area contributed by atoms with Crippen LogP contribution in [0, 0.1) is 5.92 Å². The zero-order valence-electron chi connectivity index (χ0n) is 14.8. The Labute approximate surface area is 149 Å². The zero-order chi connectivity index (χ0) is 16.9. The fourth-order valence-electron chi connectivity index (χ4n) is 4.06. The van der Waals surface area contributed by atoms with Gasteiger partial charge in [-0.3, -0.25) is 9.88 Å². The third-order valence-corrected chi connectivity index (χ3v) is 5.39. The molecule has 0 aromatic carbocycles. The summed E-state index contributed by atoms with van der Waals surface area (Å²) in [5, 5.41) is 8.62. The summed E-state index contributed by atoms with van der Waals surface area (Å²) >= 11 is 0. The zero-order valence-corrected chi connectivity index (χ0v) is 14.8. The van der Waals surface area contributed by atoms with E-state index in [-0.39, 0.29) is 0 Å². The summed E-state index contributed by atoms with van der Waals surface area (Å²) in [6.45, 7) is 4.43. The molecule has 134 valence electrons. The van der Waals surface area contributed by atoms with E-state index in [1.807, 2.05) is 16.9 Å². The molecule has 0 spiro atoms. The van der Waals surface area contributed by atoms with E-state index in [0.29, 0.717) is 12.6 Å². The Morgan fingerprint density at radius 3 is 2.92 bits per heavy atom. The molecule has 1 saturated heterocycles. The van der Waals surface area contributed by atoms with Crippen molar-refractivity contribution in [1.82, 2.24) is 24.9 Å². The monoisotopic (exact) mass is 341 g/mol. The van der Waals surface area contributed by atoms with E-state index >= 15 is 0 Å². The highest BCUT2D eigenvalue weighted by Gasteiger charge is 2.29. The summed E-state index contributed by atoms with van der Waals surface area (Å²) in [7, 11) is 0. The average Bonchev–Trinajstić information content (AvgIpc) is 3.10. The van der Waals surface area contributed by atoms with Gasteiger partial charge in [-0.1, -0.05) is 30.5 Å². The molecule has 0 radical (unpaired) electrons. The molecule has 1 saturated carbocycles. The summed E-state index contributed by atoms with van der Waals surface area (Å²) in [6, 6.07) is 4.01. The van der Waals surface area contributed by atoms with Crippen molar-refractivity contribution in [3.8, 4) is 0 Å². The highest BCUT2D eigenvalue weighted by atomic mass is 16.5. The van der Waals surface area contributed by atoms with Crippen LogP contribution in [0.4, 0.5) is 0 Å². The second-order valence-electron chi connectivity index (χ2n) is 7.31. The summed E-state index contributed by atoms with van der Waals surface area (Å²) in [4.78, 5) is 6.62. The van der Waals surface area contributed by atoms with E-state index in [9.17, 15) is 0 Å². The molecule has 4 rings (SSSR count). The van der Waals surface area contributed by atoms with Gasteiger partial charge in [0, 0.05) is 32.0 Å². The minimum Gasteiger partial charge on any atom is -0.375 e. The maximum atomic E-state index is 6.08. The van der Waals surface area contributed by atoms with Gasteiger partial charge in [-0.15, -0.1) is 5.10 Å². The first-order chi connectivity index (χ1) is 12.4. The Balaban J connectivity index is 1.32. The molecule has 2 aliphatic rings. The number of aromatic nitrogens is 4. The van der Waals surface area contributed by atoms with Crippen LogP contribution in [0.3, 0.4) is 0 Å². The van der Waals surface area contributed by atoms with Crippen molar-refractivity contribution in [3.63, 3.8) is 0 Å². The molecule has 1 unspecified atom stereocenters. The van der Waals surface area contributed by atoms with Crippen molar-refractivity contribution < 1.29 is 4.74 Å². The van der Waals surface area contributed by atoms with Gasteiger partial charge in [-0.2, -0.15) is 0 Å². The molecule has 0 N–H and O–H groups in total. The highest BCUT2D eigenvalue weighted by Crippen LogP contribution is 2.29. The van der Waals surface area contributed by atoms with Gasteiger partial charge in [-0.05, 0) is 30.4 Å². The predicted octanol–water partition coefficient (Wildman–Crippen LogP) is 2.50. The van der Waals surface area contributed by atoms with Crippen LogP contribution in [0.15, 0.2) is 30.7 Å². The van der Waals surface area contributed by atoms with Crippen molar-refractivity contribution in [2.45, 2.75) is 51.3 Å². The van der Waals surface area contributed by atoms with Gasteiger partial charge in [0.2, 0.25) is 0 Å². The number of nitrogens with zero attached hydrogens (tertiary/aromatic N) is 5. The number of pyridine rings is 1. The van der Waals surface area contributed by atoms with Crippen LogP contribution in [-0.4, -0.2) is 50.7 Å². The van der Waals surface area contributed by atoms with E-state index < -0.39 is 0 Å². The molecular formula is C19H27N5O. The van der Waals surface area contributed by atoms with Crippen LogP contribution >= 0.6 is 0 Å². The van der Waals surface area contributed by atoms with Crippen LogP contribution in [0.2, 0.25) is 0 Å². The Morgan fingerprint density at radius 1 is 1.16 bits per heavy atom. The molecule has 2 aromatic heterocycles. The molecule has 3 heterocycles. The molecule has 2 aromatic rings. The Morgan fingerprint density at radius 2 is 2.08 bits per heavy atom. The lowest BCUT2D eigenvalue weighted by atomic mass is 9.84. The van der Waals surface area contributed by atoms with Crippen LogP contribution in [0.1, 0.15) is 43.4 Å². The van der Waals surface area contributed by atoms with Crippen molar-refractivity contribution in [3.05, 3.63) is 42.0 Å². The lowest BCUT2D eigenvalue weighted by Gasteiger charge is -2.38. The first-order valence-electron chi connectivity index (χ1n) is 9.49. The van der Waals surface area contributed by atoms with Gasteiger partial charge in [0.05, 0.1) is 31.1 Å². The van der Waals surface area contributed by atoms with Gasteiger partial charge in [0.25, 0.3) is 0 Å². The smallest absolute Gasteiger partial charge is 0.0967 e. The largest absolute Gasteiger partial charge is 0.375 e. The maximum Gasteiger partial charge on any atom is 0.0967 e. The molecule has 1 atom stereocenters.